The molecule has 5 rings (SSSR count). The van der Waals surface area contributed by atoms with Crippen molar-refractivity contribution in [2.45, 2.75) is 31.7 Å². The van der Waals surface area contributed by atoms with Gasteiger partial charge < -0.3 is 15.7 Å². The number of rotatable bonds is 6. The Morgan fingerprint density at radius 3 is 2.39 bits per heavy atom. The highest BCUT2D eigenvalue weighted by Gasteiger charge is 2.27. The summed E-state index contributed by atoms with van der Waals surface area (Å²) in [7, 11) is 0. The number of hydrogen-bond donors (Lipinski definition) is 3. The summed E-state index contributed by atoms with van der Waals surface area (Å²) < 4.78 is 1.36. The summed E-state index contributed by atoms with van der Waals surface area (Å²) in [5.74, 6) is -0.141. The number of aromatic hydroxyl groups is 1. The Balaban J connectivity index is 1.39. The van der Waals surface area contributed by atoms with Crippen molar-refractivity contribution >= 4 is 52.4 Å². The van der Waals surface area contributed by atoms with Gasteiger partial charge >= 0.3 is 6.03 Å². The Hall–Kier alpha value is -3.52. The maximum Gasteiger partial charge on any atom is 0.342 e. The highest BCUT2D eigenvalue weighted by Crippen LogP contribution is 2.39. The van der Waals surface area contributed by atoms with Crippen LogP contribution < -0.4 is 10.6 Å². The van der Waals surface area contributed by atoms with Crippen molar-refractivity contribution in [3.05, 3.63) is 98.6 Å². The summed E-state index contributed by atoms with van der Waals surface area (Å²) in [5.41, 5.74) is 3.31. The average molecular weight is 570 g/mol. The first-order valence-electron chi connectivity index (χ1n) is 12.0. The van der Waals surface area contributed by atoms with Crippen LogP contribution in [0.4, 0.5) is 10.5 Å². The number of amides is 2. The van der Waals surface area contributed by atoms with Crippen molar-refractivity contribution in [2.24, 2.45) is 0 Å². The van der Waals surface area contributed by atoms with Crippen LogP contribution in [0.5, 0.6) is 5.75 Å². The summed E-state index contributed by atoms with van der Waals surface area (Å²) in [6.45, 7) is 0.243. The minimum absolute atomic E-state index is 0.0180. The lowest BCUT2D eigenvalue weighted by Gasteiger charge is -2.25. The largest absolute Gasteiger partial charge is 0.507 e. The molecule has 1 heterocycles. The molecule has 2 amide bonds. The molecule has 0 atom stereocenters. The summed E-state index contributed by atoms with van der Waals surface area (Å²) in [4.78, 5) is 25.8. The zero-order valence-electron chi connectivity index (χ0n) is 20.0. The second-order valence-corrected chi connectivity index (χ2v) is 10.3. The third kappa shape index (κ3) is 5.65. The number of benzene rings is 3. The maximum absolute atomic E-state index is 13.2. The molecule has 4 aromatic rings. The van der Waals surface area contributed by atoms with Crippen molar-refractivity contribution in [2.75, 3.05) is 5.32 Å². The normalized spacial score (nSPS) is 13.1. The smallest absolute Gasteiger partial charge is 0.342 e. The fourth-order valence-electron chi connectivity index (χ4n) is 4.21. The van der Waals surface area contributed by atoms with E-state index in [0.29, 0.717) is 37.6 Å². The van der Waals surface area contributed by atoms with E-state index < -0.39 is 6.03 Å². The predicted octanol–water partition coefficient (Wildman–Crippen LogP) is 7.49. The van der Waals surface area contributed by atoms with Gasteiger partial charge in [0.15, 0.2) is 0 Å². The fraction of sp³-hybridized carbons (Fsp3) is 0.179. The van der Waals surface area contributed by atoms with Gasteiger partial charge in [-0.05, 0) is 79.1 Å². The summed E-state index contributed by atoms with van der Waals surface area (Å²) in [6, 6.07) is 17.8. The first-order chi connectivity index (χ1) is 18.3. The second-order valence-electron chi connectivity index (χ2n) is 9.09. The third-order valence-electron chi connectivity index (χ3n) is 6.52. The average Bonchev–Trinajstić information content (AvgIpc) is 3.29. The molecule has 1 aromatic heterocycles. The van der Waals surface area contributed by atoms with E-state index in [-0.39, 0.29) is 24.1 Å². The van der Waals surface area contributed by atoms with Crippen LogP contribution in [0.25, 0.3) is 11.3 Å². The Morgan fingerprint density at radius 2 is 1.71 bits per heavy atom. The van der Waals surface area contributed by atoms with Crippen LogP contribution in [-0.4, -0.2) is 26.8 Å². The lowest BCUT2D eigenvalue weighted by molar-refractivity contribution is 0.102. The monoisotopic (exact) mass is 568 g/mol. The number of halogens is 3. The molecule has 10 heteroatoms. The van der Waals surface area contributed by atoms with E-state index in [1.54, 1.807) is 54.6 Å². The minimum atomic E-state index is -0.393. The van der Waals surface area contributed by atoms with Crippen LogP contribution in [0.2, 0.25) is 15.1 Å². The van der Waals surface area contributed by atoms with E-state index in [4.69, 9.17) is 34.8 Å². The van der Waals surface area contributed by atoms with E-state index in [9.17, 15) is 14.7 Å². The molecule has 7 nitrogen and oxygen atoms in total. The molecule has 0 unspecified atom stereocenters. The molecule has 1 aliphatic carbocycles. The number of anilines is 1. The third-order valence-corrected chi connectivity index (χ3v) is 7.51. The van der Waals surface area contributed by atoms with Gasteiger partial charge in [0.2, 0.25) is 0 Å². The molecule has 38 heavy (non-hydrogen) atoms. The standard InChI is InChI=1S/C28H23Cl3N4O3/c29-19-7-5-18(6-8-19)27(37)33-20-9-11-26(36)21(13-20)24-14-25(17-2-1-3-17)35(34-24)28(38)32-15-16-4-10-22(30)23(31)12-16/h4-14,17,36H,1-3,15H2,(H,32,38)(H,33,37). The van der Waals surface area contributed by atoms with Crippen molar-refractivity contribution in [1.29, 1.82) is 0 Å². The van der Waals surface area contributed by atoms with E-state index in [0.717, 1.165) is 30.5 Å². The van der Waals surface area contributed by atoms with Crippen molar-refractivity contribution < 1.29 is 14.7 Å². The number of phenolic OH excluding ortho intramolecular Hbond substituents is 1. The Kier molecular flexibility index (Phi) is 7.61. The summed E-state index contributed by atoms with van der Waals surface area (Å²) in [5, 5.41) is 22.3. The molecule has 1 fully saturated rings. The fourth-order valence-corrected chi connectivity index (χ4v) is 4.66. The topological polar surface area (TPSA) is 96.2 Å². The van der Waals surface area contributed by atoms with Gasteiger partial charge in [0.1, 0.15) is 5.75 Å². The predicted molar refractivity (Wildman–Crippen MR) is 149 cm³/mol. The lowest BCUT2D eigenvalue weighted by atomic mass is 9.82. The molecule has 0 aliphatic heterocycles. The molecule has 1 aliphatic rings. The molecular formula is C28H23Cl3N4O3. The molecule has 1 saturated carbocycles. The highest BCUT2D eigenvalue weighted by molar-refractivity contribution is 6.42. The quantitative estimate of drug-likeness (QED) is 0.210. The summed E-state index contributed by atoms with van der Waals surface area (Å²) in [6.07, 6.45) is 2.98. The first kappa shape index (κ1) is 26.1. The number of nitrogens with zero attached hydrogens (tertiary/aromatic N) is 2. The highest BCUT2D eigenvalue weighted by atomic mass is 35.5. The zero-order chi connectivity index (χ0) is 26.8. The maximum atomic E-state index is 13.2. The summed E-state index contributed by atoms with van der Waals surface area (Å²) >= 11 is 18.0. The van der Waals surface area contributed by atoms with Gasteiger partial charge in [-0.25, -0.2) is 4.79 Å². The van der Waals surface area contributed by atoms with Crippen LogP contribution >= 0.6 is 34.8 Å². The first-order valence-corrected chi connectivity index (χ1v) is 13.1. The molecular weight excluding hydrogens is 547 g/mol. The van der Waals surface area contributed by atoms with E-state index >= 15 is 0 Å². The molecule has 3 N–H and O–H groups in total. The van der Waals surface area contributed by atoms with E-state index in [1.165, 1.54) is 10.7 Å². The SMILES string of the molecule is O=C(Nc1ccc(O)c(-c2cc(C3CCC3)n(C(=O)NCc3ccc(Cl)c(Cl)c3)n2)c1)c1ccc(Cl)cc1. The van der Waals surface area contributed by atoms with E-state index in [2.05, 4.69) is 15.7 Å². The second kappa shape index (κ2) is 11.1. The van der Waals surface area contributed by atoms with Gasteiger partial charge in [-0.1, -0.05) is 47.3 Å². The zero-order valence-corrected chi connectivity index (χ0v) is 22.3. The molecule has 0 radical (unpaired) electrons. The molecule has 0 bridgehead atoms. The van der Waals surface area contributed by atoms with Crippen LogP contribution in [0.3, 0.4) is 0 Å². The van der Waals surface area contributed by atoms with E-state index in [1.807, 2.05) is 6.07 Å². The van der Waals surface area contributed by atoms with Gasteiger partial charge in [-0.15, -0.1) is 0 Å². The molecule has 194 valence electrons. The van der Waals surface area contributed by atoms with Crippen LogP contribution in [0.1, 0.15) is 46.8 Å². The van der Waals surface area contributed by atoms with Gasteiger partial charge in [0.05, 0.1) is 21.4 Å². The van der Waals surface area contributed by atoms with Gasteiger partial charge in [0, 0.05) is 34.3 Å². The molecule has 0 spiro atoms. The minimum Gasteiger partial charge on any atom is -0.507 e. The van der Waals surface area contributed by atoms with Crippen molar-refractivity contribution in [1.82, 2.24) is 15.1 Å². The van der Waals surface area contributed by atoms with Crippen LogP contribution in [0, 0.1) is 0 Å². The Labute approximate surface area is 234 Å². The number of hydrogen-bond acceptors (Lipinski definition) is 4. The number of carbonyl (C=O) groups is 2. The van der Waals surface area contributed by atoms with Crippen LogP contribution in [-0.2, 0) is 6.54 Å². The van der Waals surface area contributed by atoms with Crippen LogP contribution in [0.15, 0.2) is 66.7 Å². The number of nitrogens with one attached hydrogen (secondary N) is 2. The number of carbonyl (C=O) groups excluding carboxylic acids is 2. The number of phenols is 1. The van der Waals surface area contributed by atoms with Gasteiger partial charge in [0.25, 0.3) is 5.91 Å². The van der Waals surface area contributed by atoms with Gasteiger partial charge in [-0.2, -0.15) is 9.78 Å². The molecule has 0 saturated heterocycles. The van der Waals surface area contributed by atoms with Gasteiger partial charge in [-0.3, -0.25) is 4.79 Å². The van der Waals surface area contributed by atoms with Crippen molar-refractivity contribution in [3.8, 4) is 17.0 Å². The lowest BCUT2D eigenvalue weighted by Crippen LogP contribution is -2.31. The Bertz CT molecular complexity index is 1510. The van der Waals surface area contributed by atoms with Crippen molar-refractivity contribution in [3.63, 3.8) is 0 Å². The number of aromatic nitrogens is 2. The Morgan fingerprint density at radius 1 is 0.947 bits per heavy atom. The molecule has 3 aromatic carbocycles.